The van der Waals surface area contributed by atoms with Crippen molar-refractivity contribution in [3.8, 4) is 0 Å². The lowest BCUT2D eigenvalue weighted by molar-refractivity contribution is 0.170. The standard InChI is InChI=1S/C19H18BrFN2O/c1-22(2)19(24)23-12-14(16-11-15(20)8-9-17(16)21)10-18(23)13-6-4-3-5-7-13/h3-11,18H,12H2,1-2H3. The molecular formula is C19H18BrFN2O. The Bertz CT molecular complexity index is 789. The van der Waals surface area contributed by atoms with Crippen molar-refractivity contribution in [1.29, 1.82) is 0 Å². The van der Waals surface area contributed by atoms with Gasteiger partial charge in [-0.2, -0.15) is 0 Å². The molecule has 5 heteroatoms. The van der Waals surface area contributed by atoms with Crippen LogP contribution in [0, 0.1) is 5.82 Å². The molecule has 1 heterocycles. The van der Waals surface area contributed by atoms with Gasteiger partial charge >= 0.3 is 6.03 Å². The largest absolute Gasteiger partial charge is 0.331 e. The maximum atomic E-state index is 14.3. The summed E-state index contributed by atoms with van der Waals surface area (Å²) in [6.45, 7) is 0.379. The highest BCUT2D eigenvalue weighted by atomic mass is 79.9. The monoisotopic (exact) mass is 388 g/mol. The number of carbonyl (C=O) groups is 1. The van der Waals surface area contributed by atoms with E-state index in [1.165, 1.54) is 6.07 Å². The molecule has 2 amide bonds. The van der Waals surface area contributed by atoms with Crippen LogP contribution >= 0.6 is 15.9 Å². The van der Waals surface area contributed by atoms with Crippen LogP contribution in [0.25, 0.3) is 5.57 Å². The molecule has 1 unspecified atom stereocenters. The van der Waals surface area contributed by atoms with Gasteiger partial charge in [0, 0.05) is 30.7 Å². The predicted octanol–water partition coefficient (Wildman–Crippen LogP) is 4.71. The van der Waals surface area contributed by atoms with E-state index in [0.29, 0.717) is 12.1 Å². The number of rotatable bonds is 2. The van der Waals surface area contributed by atoms with Crippen LogP contribution in [0.1, 0.15) is 17.2 Å². The van der Waals surface area contributed by atoms with Crippen molar-refractivity contribution >= 4 is 27.5 Å². The summed E-state index contributed by atoms with van der Waals surface area (Å²) in [6, 6.07) is 14.4. The van der Waals surface area contributed by atoms with Crippen LogP contribution in [0.15, 0.2) is 59.1 Å². The van der Waals surface area contributed by atoms with Gasteiger partial charge in [0.2, 0.25) is 0 Å². The van der Waals surface area contributed by atoms with Crippen LogP contribution in [0.3, 0.4) is 0 Å². The summed E-state index contributed by atoms with van der Waals surface area (Å²) in [6.07, 6.45) is 1.97. The molecular weight excluding hydrogens is 371 g/mol. The fraction of sp³-hybridized carbons (Fsp3) is 0.211. The SMILES string of the molecule is CN(C)C(=O)N1CC(c2cc(Br)ccc2F)=CC1c1ccccc1. The van der Waals surface area contributed by atoms with Crippen LogP contribution in [0.4, 0.5) is 9.18 Å². The van der Waals surface area contributed by atoms with Crippen molar-refractivity contribution in [2.75, 3.05) is 20.6 Å². The first kappa shape index (κ1) is 16.7. The summed E-state index contributed by atoms with van der Waals surface area (Å²) in [7, 11) is 3.45. The van der Waals surface area contributed by atoms with Crippen molar-refractivity contribution < 1.29 is 9.18 Å². The van der Waals surface area contributed by atoms with Gasteiger partial charge < -0.3 is 9.80 Å². The third-order valence-corrected chi connectivity index (χ3v) is 4.57. The van der Waals surface area contributed by atoms with Gasteiger partial charge in [-0.1, -0.05) is 52.3 Å². The van der Waals surface area contributed by atoms with Gasteiger partial charge in [0.05, 0.1) is 6.04 Å². The normalized spacial score (nSPS) is 16.9. The summed E-state index contributed by atoms with van der Waals surface area (Å²) in [4.78, 5) is 15.9. The highest BCUT2D eigenvalue weighted by molar-refractivity contribution is 9.10. The Kier molecular flexibility index (Phi) is 4.71. The first-order chi connectivity index (χ1) is 11.5. The van der Waals surface area contributed by atoms with Gasteiger partial charge in [-0.3, -0.25) is 0 Å². The average molecular weight is 389 g/mol. The Morgan fingerprint density at radius 3 is 2.58 bits per heavy atom. The fourth-order valence-corrected chi connectivity index (χ4v) is 3.26. The van der Waals surface area contributed by atoms with E-state index in [9.17, 15) is 9.18 Å². The summed E-state index contributed by atoms with van der Waals surface area (Å²) >= 11 is 3.39. The van der Waals surface area contributed by atoms with Crippen LogP contribution in [-0.2, 0) is 0 Å². The lowest BCUT2D eigenvalue weighted by Gasteiger charge is -2.28. The third-order valence-electron chi connectivity index (χ3n) is 4.08. The molecule has 0 radical (unpaired) electrons. The number of amides is 2. The van der Waals surface area contributed by atoms with Gasteiger partial charge in [-0.15, -0.1) is 0 Å². The zero-order chi connectivity index (χ0) is 17.3. The molecule has 0 N–H and O–H groups in total. The molecule has 0 saturated carbocycles. The van der Waals surface area contributed by atoms with Crippen molar-refractivity contribution in [2.45, 2.75) is 6.04 Å². The van der Waals surface area contributed by atoms with E-state index in [4.69, 9.17) is 0 Å². The molecule has 3 nitrogen and oxygen atoms in total. The van der Waals surface area contributed by atoms with Crippen molar-refractivity contribution in [2.24, 2.45) is 0 Å². The predicted molar refractivity (Wildman–Crippen MR) is 97.0 cm³/mol. The number of benzene rings is 2. The van der Waals surface area contributed by atoms with Crippen molar-refractivity contribution in [1.82, 2.24) is 9.80 Å². The van der Waals surface area contributed by atoms with Crippen LogP contribution < -0.4 is 0 Å². The second-order valence-corrected chi connectivity index (χ2v) is 6.89. The van der Waals surface area contributed by atoms with Crippen molar-refractivity contribution in [3.63, 3.8) is 0 Å². The highest BCUT2D eigenvalue weighted by Crippen LogP contribution is 2.36. The Hall–Kier alpha value is -2.14. The minimum absolute atomic E-state index is 0.0921. The van der Waals surface area contributed by atoms with E-state index >= 15 is 0 Å². The summed E-state index contributed by atoms with van der Waals surface area (Å²) in [5, 5.41) is 0. The van der Waals surface area contributed by atoms with Gasteiger partial charge in [0.15, 0.2) is 0 Å². The molecule has 0 bridgehead atoms. The van der Waals surface area contributed by atoms with Gasteiger partial charge in [-0.05, 0) is 29.3 Å². The van der Waals surface area contributed by atoms with E-state index in [1.807, 2.05) is 36.4 Å². The summed E-state index contributed by atoms with van der Waals surface area (Å²) in [5.74, 6) is -0.282. The van der Waals surface area contributed by atoms with E-state index in [2.05, 4.69) is 15.9 Å². The molecule has 0 saturated heterocycles. The molecule has 2 aromatic carbocycles. The average Bonchev–Trinajstić information content (AvgIpc) is 3.02. The zero-order valence-electron chi connectivity index (χ0n) is 13.5. The first-order valence-electron chi connectivity index (χ1n) is 7.66. The lowest BCUT2D eigenvalue weighted by Crippen LogP contribution is -2.39. The minimum atomic E-state index is -0.282. The van der Waals surface area contributed by atoms with E-state index in [1.54, 1.807) is 36.0 Å². The van der Waals surface area contributed by atoms with Crippen LogP contribution in [-0.4, -0.2) is 36.5 Å². The summed E-state index contributed by atoms with van der Waals surface area (Å²) < 4.78 is 15.1. The molecule has 0 aromatic heterocycles. The Labute approximate surface area is 149 Å². The summed E-state index contributed by atoms with van der Waals surface area (Å²) in [5.41, 5.74) is 2.36. The molecule has 0 spiro atoms. The number of hydrogen-bond acceptors (Lipinski definition) is 1. The maximum Gasteiger partial charge on any atom is 0.320 e. The van der Waals surface area contributed by atoms with Gasteiger partial charge in [0.1, 0.15) is 5.82 Å². The Balaban J connectivity index is 2.03. The topological polar surface area (TPSA) is 23.6 Å². The Morgan fingerprint density at radius 1 is 1.21 bits per heavy atom. The quantitative estimate of drug-likeness (QED) is 0.730. The smallest absolute Gasteiger partial charge is 0.320 e. The highest BCUT2D eigenvalue weighted by Gasteiger charge is 2.32. The van der Waals surface area contributed by atoms with Crippen LogP contribution in [0.5, 0.6) is 0 Å². The second-order valence-electron chi connectivity index (χ2n) is 5.98. The zero-order valence-corrected chi connectivity index (χ0v) is 15.1. The van der Waals surface area contributed by atoms with Crippen molar-refractivity contribution in [3.05, 3.63) is 76.0 Å². The minimum Gasteiger partial charge on any atom is -0.331 e. The number of halogens is 2. The van der Waals surface area contributed by atoms with E-state index in [0.717, 1.165) is 15.6 Å². The third kappa shape index (κ3) is 3.22. The molecule has 0 fully saturated rings. The molecule has 3 rings (SSSR count). The lowest BCUT2D eigenvalue weighted by atomic mass is 10.0. The van der Waals surface area contributed by atoms with Gasteiger partial charge in [0.25, 0.3) is 0 Å². The molecule has 1 aliphatic rings. The molecule has 0 aliphatic carbocycles. The number of hydrogen-bond donors (Lipinski definition) is 0. The number of carbonyl (C=O) groups excluding carboxylic acids is 1. The first-order valence-corrected chi connectivity index (χ1v) is 8.45. The molecule has 1 atom stereocenters. The number of urea groups is 1. The van der Waals surface area contributed by atoms with Gasteiger partial charge in [-0.25, -0.2) is 9.18 Å². The second kappa shape index (κ2) is 6.77. The van der Waals surface area contributed by atoms with Crippen LogP contribution in [0.2, 0.25) is 0 Å². The van der Waals surface area contributed by atoms with E-state index in [-0.39, 0.29) is 17.9 Å². The maximum absolute atomic E-state index is 14.3. The molecule has 1 aliphatic heterocycles. The molecule has 124 valence electrons. The number of nitrogens with zero attached hydrogens (tertiary/aromatic N) is 2. The Morgan fingerprint density at radius 2 is 1.92 bits per heavy atom. The molecule has 24 heavy (non-hydrogen) atoms. The molecule has 2 aromatic rings. The fourth-order valence-electron chi connectivity index (χ4n) is 2.90. The van der Waals surface area contributed by atoms with E-state index < -0.39 is 0 Å².